The van der Waals surface area contributed by atoms with Gasteiger partial charge in [0.05, 0.1) is 74.8 Å². The maximum absolute atomic E-state index is 13.3. The van der Waals surface area contributed by atoms with Crippen molar-refractivity contribution < 1.29 is 55.0 Å². The van der Waals surface area contributed by atoms with Gasteiger partial charge in [-0.15, -0.1) is 22.7 Å². The van der Waals surface area contributed by atoms with E-state index in [4.69, 9.17) is 18.9 Å². The molecule has 0 aliphatic rings. The van der Waals surface area contributed by atoms with Gasteiger partial charge in [-0.2, -0.15) is 0 Å². The fraction of sp³-hybridized carbons (Fsp3) is 0.373. The van der Waals surface area contributed by atoms with Crippen LogP contribution in [0, 0.1) is 6.92 Å². The van der Waals surface area contributed by atoms with Crippen LogP contribution >= 0.6 is 38.6 Å². The van der Waals surface area contributed by atoms with Crippen molar-refractivity contribution in [3.8, 4) is 43.3 Å². The van der Waals surface area contributed by atoms with E-state index in [1.807, 2.05) is 0 Å². The van der Waals surface area contributed by atoms with Crippen LogP contribution in [0.4, 0.5) is 32.3 Å². The van der Waals surface area contributed by atoms with Gasteiger partial charge in [-0.3, -0.25) is 20.2 Å². The molecule has 78 heavy (non-hydrogen) atoms. The fourth-order valence-corrected chi connectivity index (χ4v) is 12.2. The number of methoxy groups -OCH3 is 2. The minimum Gasteiger partial charge on any atom is -0.494 e. The summed E-state index contributed by atoms with van der Waals surface area (Å²) in [5, 5.41) is 11.6. The van der Waals surface area contributed by atoms with E-state index < -0.39 is 43.3 Å². The number of aryl methyl sites for hydroxylation is 1. The van der Waals surface area contributed by atoms with Crippen molar-refractivity contribution in [2.75, 3.05) is 35.5 Å². The van der Waals surface area contributed by atoms with Crippen LogP contribution in [-0.2, 0) is 39.1 Å². The van der Waals surface area contributed by atoms with Gasteiger partial charge in [-0.1, -0.05) is 12.1 Å². The van der Waals surface area contributed by atoms with Gasteiger partial charge in [0.15, 0.2) is 0 Å². The van der Waals surface area contributed by atoms with E-state index in [0.717, 1.165) is 8.79 Å². The zero-order chi connectivity index (χ0) is 58.5. The van der Waals surface area contributed by atoms with Crippen LogP contribution in [0.25, 0.3) is 31.8 Å². The first-order valence-electron chi connectivity index (χ1n) is 23.7. The van der Waals surface area contributed by atoms with E-state index in [0.29, 0.717) is 66.6 Å². The number of anilines is 4. The number of pyridine rings is 2. The Morgan fingerprint density at radius 3 is 1.40 bits per heavy atom. The van der Waals surface area contributed by atoms with Crippen molar-refractivity contribution in [1.82, 2.24) is 29.4 Å². The Kier molecular flexibility index (Phi) is 22.4. The summed E-state index contributed by atoms with van der Waals surface area (Å²) in [6.45, 7) is 22.0. The van der Waals surface area contributed by atoms with Crippen molar-refractivity contribution in [1.29, 1.82) is 0 Å². The monoisotopic (exact) mass is 1220 g/mol. The number of benzene rings is 2. The molecule has 0 saturated carbocycles. The van der Waals surface area contributed by atoms with E-state index in [9.17, 15) is 36.0 Å². The third kappa shape index (κ3) is 20.0. The van der Waals surface area contributed by atoms with Crippen LogP contribution in [0.2, 0.25) is 0 Å². The highest BCUT2D eigenvalue weighted by molar-refractivity contribution is 9.11. The van der Waals surface area contributed by atoms with E-state index in [-0.39, 0.29) is 33.8 Å². The molecule has 0 fully saturated rings. The van der Waals surface area contributed by atoms with Gasteiger partial charge >= 0.3 is 12.2 Å². The third-order valence-corrected chi connectivity index (χ3v) is 15.5. The molecule has 4 heterocycles. The number of ether oxygens (including phenoxy) is 4. The smallest absolute Gasteiger partial charge is 0.411 e. The summed E-state index contributed by atoms with van der Waals surface area (Å²) in [5.41, 5.74) is 2.48. The van der Waals surface area contributed by atoms with Gasteiger partial charge in [0.25, 0.3) is 0 Å². The highest BCUT2D eigenvalue weighted by Crippen LogP contribution is 2.40. The maximum atomic E-state index is 13.3. The Balaban J connectivity index is 0.000000277. The lowest BCUT2D eigenvalue weighted by atomic mass is 10.1. The number of carbonyl (C=O) groups excluding carboxylic acids is 4. The van der Waals surface area contributed by atoms with Gasteiger partial charge in [0.1, 0.15) is 32.9 Å². The van der Waals surface area contributed by atoms with Gasteiger partial charge in [-0.25, -0.2) is 55.8 Å². The summed E-state index contributed by atoms with van der Waals surface area (Å²) in [6.07, 6.45) is 4.63. The topological polar surface area (TPSA) is 297 Å². The Bertz CT molecular complexity index is 3340. The molecule has 0 atom stereocenters. The highest BCUT2D eigenvalue weighted by Gasteiger charge is 2.28. The number of halogens is 1. The predicted octanol–water partition coefficient (Wildman–Crippen LogP) is 10.8. The zero-order valence-corrected chi connectivity index (χ0v) is 50.6. The number of thiazole rings is 2. The second kappa shape index (κ2) is 27.3. The number of nitrogens with zero attached hydrogens (tertiary/aromatic N) is 4. The zero-order valence-electron chi connectivity index (χ0n) is 45.8. The Hall–Kier alpha value is -6.62. The summed E-state index contributed by atoms with van der Waals surface area (Å²) in [4.78, 5) is 64.2. The minimum absolute atomic E-state index is 0.00277. The maximum Gasteiger partial charge on any atom is 0.411 e. The standard InChI is InChI=1S/C25H31N5O6S2.C13H14BrN3O3S.C13H20N2O3S/c1-14(2)36-24(32)29-17-10-19(35-7)22(26-12-17)23-27-13-20(37-23)18-9-8-16(28-15(3)31)11-21(18)38(33,34)30-25(4,5)6;1-7(2)20-13(18)17-8-4-9(19-3)11(15-5-8)12-16-6-10(14)21-12;1-9-6-7-11(14-10(2)16)8-12(9)19(17,18)15-13(3,4)5/h8-14,30H,1-7H3,(H,28,31)(H,29,32);4-7H,1-3H3,(H,17,18);6-8,15H,1-5H3,(H,14,16). The number of carbonyl (C=O) groups is 4. The van der Waals surface area contributed by atoms with Crippen LogP contribution in [0.5, 0.6) is 11.5 Å². The van der Waals surface area contributed by atoms with Crippen LogP contribution in [0.3, 0.4) is 0 Å². The summed E-state index contributed by atoms with van der Waals surface area (Å²) < 4.78 is 78.3. The quantitative estimate of drug-likeness (QED) is 0.0557. The number of sulfonamides is 2. The highest BCUT2D eigenvalue weighted by atomic mass is 79.9. The Morgan fingerprint density at radius 2 is 0.987 bits per heavy atom. The van der Waals surface area contributed by atoms with E-state index >= 15 is 0 Å². The second-order valence-corrected chi connectivity index (χ2v) is 26.2. The second-order valence-electron chi connectivity index (χ2n) is 19.5. The molecule has 6 rings (SSSR count). The average molecular weight is 1220 g/mol. The van der Waals surface area contributed by atoms with Crippen molar-refractivity contribution in [3.63, 3.8) is 0 Å². The molecule has 0 aliphatic carbocycles. The third-order valence-electron chi connectivity index (χ3n) is 9.25. The Morgan fingerprint density at radius 1 is 0.564 bits per heavy atom. The Labute approximate surface area is 471 Å². The SMILES string of the molecule is CC(=O)Nc1ccc(C)c(S(=O)(=O)NC(C)(C)C)c1.COc1cc(NC(=O)OC(C)C)cnc1-c1ncc(-c2ccc(NC(C)=O)cc2S(=O)(=O)NC(C)(C)C)s1.COc1cc(NC(=O)OC(C)C)cnc1-c1ncc(Br)s1. The van der Waals surface area contributed by atoms with Crippen molar-refractivity contribution in [3.05, 3.63) is 82.7 Å². The van der Waals surface area contributed by atoms with Crippen LogP contribution < -0.4 is 40.2 Å². The summed E-state index contributed by atoms with van der Waals surface area (Å²) in [5.74, 6) is 0.324. The van der Waals surface area contributed by atoms with E-state index in [1.54, 1.807) is 132 Å². The van der Waals surface area contributed by atoms with Crippen LogP contribution in [0.15, 0.2) is 86.9 Å². The molecule has 0 saturated heterocycles. The van der Waals surface area contributed by atoms with Gasteiger partial charge in [0, 0.05) is 60.2 Å². The molecular weight excluding hydrogens is 1150 g/mol. The normalized spacial score (nSPS) is 11.6. The lowest BCUT2D eigenvalue weighted by Crippen LogP contribution is -2.40. The van der Waals surface area contributed by atoms with Gasteiger partial charge in [-0.05, 0) is 122 Å². The lowest BCUT2D eigenvalue weighted by Gasteiger charge is -2.22. The molecule has 0 aliphatic heterocycles. The van der Waals surface area contributed by atoms with Crippen LogP contribution in [0.1, 0.15) is 88.6 Å². The first-order chi connectivity index (χ1) is 36.2. The molecule has 4 amide bonds. The molecule has 22 nitrogen and oxygen atoms in total. The van der Waals surface area contributed by atoms with Crippen molar-refractivity contribution >= 4 is 105 Å². The van der Waals surface area contributed by atoms with Gasteiger partial charge < -0.3 is 29.6 Å². The van der Waals surface area contributed by atoms with E-state index in [2.05, 4.69) is 66.6 Å². The van der Waals surface area contributed by atoms with Crippen LogP contribution in [-0.4, -0.2) is 98.3 Å². The molecule has 27 heteroatoms. The van der Waals surface area contributed by atoms with Crippen molar-refractivity contribution in [2.24, 2.45) is 0 Å². The summed E-state index contributed by atoms with van der Waals surface area (Å²) in [6, 6.07) is 12.7. The summed E-state index contributed by atoms with van der Waals surface area (Å²) in [7, 11) is -4.56. The number of nitrogens with one attached hydrogen (secondary N) is 6. The van der Waals surface area contributed by atoms with Crippen molar-refractivity contribution in [2.45, 2.75) is 123 Å². The molecule has 0 bridgehead atoms. The average Bonchev–Trinajstić information content (AvgIpc) is 3.97. The number of hydrogen-bond donors (Lipinski definition) is 6. The largest absolute Gasteiger partial charge is 0.494 e. The molecule has 6 aromatic rings. The number of aromatic nitrogens is 4. The molecule has 2 aromatic carbocycles. The fourth-order valence-electron chi connectivity index (χ4n) is 6.57. The number of rotatable bonds is 15. The number of hydrogen-bond acceptors (Lipinski definition) is 18. The molecular formula is C51H65BrN10O12S4. The molecule has 6 N–H and O–H groups in total. The first-order valence-corrected chi connectivity index (χ1v) is 29.1. The number of amides is 4. The minimum atomic E-state index is -3.96. The van der Waals surface area contributed by atoms with E-state index in [1.165, 1.54) is 68.2 Å². The lowest BCUT2D eigenvalue weighted by molar-refractivity contribution is -0.115. The van der Waals surface area contributed by atoms with Gasteiger partial charge in [0.2, 0.25) is 31.9 Å². The summed E-state index contributed by atoms with van der Waals surface area (Å²) >= 11 is 6.03. The molecule has 0 unspecified atom stereocenters. The molecule has 0 radical (unpaired) electrons. The molecule has 422 valence electrons. The first kappa shape index (κ1) is 63.9. The predicted molar refractivity (Wildman–Crippen MR) is 307 cm³/mol. The molecule has 0 spiro atoms. The molecule has 4 aromatic heterocycles.